The lowest BCUT2D eigenvalue weighted by Gasteiger charge is -2.37. The second-order valence-electron chi connectivity index (χ2n) is 9.49. The van der Waals surface area contributed by atoms with Crippen LogP contribution in [0.3, 0.4) is 0 Å². The van der Waals surface area contributed by atoms with Crippen LogP contribution in [0.1, 0.15) is 30.4 Å². The summed E-state index contributed by atoms with van der Waals surface area (Å²) in [6.07, 6.45) is -4.19. The molecule has 0 saturated carbocycles. The van der Waals surface area contributed by atoms with Crippen LogP contribution in [-0.4, -0.2) is 71.8 Å². The number of benzene rings is 2. The molecule has 10 nitrogen and oxygen atoms in total. The lowest BCUT2D eigenvalue weighted by molar-refractivity contribution is -0.388. The van der Waals surface area contributed by atoms with Crippen molar-refractivity contribution < 1.29 is 27.7 Å². The van der Waals surface area contributed by atoms with Crippen molar-refractivity contribution in [2.24, 2.45) is 0 Å². The van der Waals surface area contributed by atoms with Crippen LogP contribution in [0.4, 0.5) is 30.2 Å². The number of nitrogens with one attached hydrogen (secondary N) is 1. The van der Waals surface area contributed by atoms with Crippen molar-refractivity contribution in [1.29, 1.82) is 5.26 Å². The molecule has 2 aliphatic heterocycles. The monoisotopic (exact) mass is 544 g/mol. The first kappa shape index (κ1) is 27.7. The standard InChI is InChI=1S/C26H27F3N6O4/c27-26(28,29)22-15-20(3-6-23(22)35(38)39)31-19-7-9-33(10-8-19)24(36)16-25(37)34-13-11-32(12-14-34)21-4-1-18(17-30)2-5-21/h1-6,15,19,31H,7-14,16H2. The lowest BCUT2D eigenvalue weighted by atomic mass is 10.0. The van der Waals surface area contributed by atoms with Crippen molar-refractivity contribution in [1.82, 2.24) is 9.80 Å². The molecule has 206 valence electrons. The van der Waals surface area contributed by atoms with Crippen LogP contribution in [0.15, 0.2) is 42.5 Å². The Labute approximate surface area is 222 Å². The second-order valence-corrected chi connectivity index (χ2v) is 9.49. The van der Waals surface area contributed by atoms with E-state index in [0.29, 0.717) is 57.7 Å². The average Bonchev–Trinajstić information content (AvgIpc) is 2.93. The highest BCUT2D eigenvalue weighted by molar-refractivity contribution is 5.97. The molecule has 39 heavy (non-hydrogen) atoms. The molecule has 2 aliphatic rings. The Morgan fingerprint density at radius 3 is 2.10 bits per heavy atom. The van der Waals surface area contributed by atoms with Crippen LogP contribution in [0.5, 0.6) is 0 Å². The number of hydrogen-bond donors (Lipinski definition) is 1. The number of nitrogens with zero attached hydrogens (tertiary/aromatic N) is 5. The molecular formula is C26H27F3N6O4. The third kappa shape index (κ3) is 6.76. The summed E-state index contributed by atoms with van der Waals surface area (Å²) in [6, 6.07) is 11.9. The van der Waals surface area contributed by atoms with Crippen LogP contribution in [0.2, 0.25) is 0 Å². The first-order chi connectivity index (χ1) is 18.5. The molecule has 2 amide bonds. The largest absolute Gasteiger partial charge is 0.423 e. The molecule has 0 unspecified atom stereocenters. The number of halogens is 3. The second kappa shape index (κ2) is 11.6. The Morgan fingerprint density at radius 2 is 1.56 bits per heavy atom. The summed E-state index contributed by atoms with van der Waals surface area (Å²) in [5.41, 5.74) is -0.659. The zero-order valence-electron chi connectivity index (χ0n) is 21.0. The zero-order chi connectivity index (χ0) is 28.2. The zero-order valence-corrected chi connectivity index (χ0v) is 21.0. The van der Waals surface area contributed by atoms with Gasteiger partial charge in [0.15, 0.2) is 0 Å². The number of carbonyl (C=O) groups excluding carboxylic acids is 2. The number of piperidine rings is 1. The molecule has 2 heterocycles. The van der Waals surface area contributed by atoms with Gasteiger partial charge < -0.3 is 20.0 Å². The van der Waals surface area contributed by atoms with E-state index in [-0.39, 0.29) is 30.0 Å². The Hall–Kier alpha value is -4.34. The van der Waals surface area contributed by atoms with Gasteiger partial charge in [-0.2, -0.15) is 18.4 Å². The molecule has 0 radical (unpaired) electrons. The van der Waals surface area contributed by atoms with Crippen molar-refractivity contribution in [3.05, 3.63) is 63.7 Å². The molecule has 2 fully saturated rings. The maximum Gasteiger partial charge on any atom is 0.423 e. The number of anilines is 2. The van der Waals surface area contributed by atoms with Crippen LogP contribution in [0, 0.1) is 21.4 Å². The Balaban J connectivity index is 1.24. The van der Waals surface area contributed by atoms with Gasteiger partial charge in [-0.3, -0.25) is 19.7 Å². The highest BCUT2D eigenvalue weighted by Crippen LogP contribution is 2.38. The van der Waals surface area contributed by atoms with Gasteiger partial charge in [-0.1, -0.05) is 0 Å². The number of likely N-dealkylation sites (tertiary alicyclic amines) is 1. The van der Waals surface area contributed by atoms with Gasteiger partial charge in [0.05, 0.1) is 16.6 Å². The van der Waals surface area contributed by atoms with Crippen LogP contribution < -0.4 is 10.2 Å². The van der Waals surface area contributed by atoms with Crippen molar-refractivity contribution >= 4 is 28.9 Å². The van der Waals surface area contributed by atoms with Gasteiger partial charge >= 0.3 is 6.18 Å². The summed E-state index contributed by atoms with van der Waals surface area (Å²) in [5.74, 6) is -0.534. The Kier molecular flexibility index (Phi) is 8.23. The fraction of sp³-hybridized carbons (Fsp3) is 0.423. The molecule has 0 spiro atoms. The summed E-state index contributed by atoms with van der Waals surface area (Å²) in [5, 5.41) is 22.9. The van der Waals surface area contributed by atoms with Gasteiger partial charge in [0, 0.05) is 62.8 Å². The molecule has 0 bridgehead atoms. The van der Waals surface area contributed by atoms with Crippen molar-refractivity contribution in [2.75, 3.05) is 49.5 Å². The molecule has 0 atom stereocenters. The van der Waals surface area contributed by atoms with E-state index >= 15 is 0 Å². The van der Waals surface area contributed by atoms with Gasteiger partial charge in [0.1, 0.15) is 12.0 Å². The Bertz CT molecular complexity index is 1260. The van der Waals surface area contributed by atoms with Gasteiger partial charge in [-0.05, 0) is 49.2 Å². The number of piperazine rings is 1. The number of amides is 2. The lowest BCUT2D eigenvalue weighted by Crippen LogP contribution is -2.50. The van der Waals surface area contributed by atoms with E-state index in [9.17, 15) is 32.9 Å². The minimum Gasteiger partial charge on any atom is -0.382 e. The minimum atomic E-state index is -4.86. The number of alkyl halides is 3. The predicted octanol–water partition coefficient (Wildman–Crippen LogP) is 3.63. The quantitative estimate of drug-likeness (QED) is 0.335. The van der Waals surface area contributed by atoms with E-state index in [4.69, 9.17) is 5.26 Å². The first-order valence-corrected chi connectivity index (χ1v) is 12.5. The van der Waals surface area contributed by atoms with Gasteiger partial charge in [-0.25, -0.2) is 0 Å². The van der Waals surface area contributed by atoms with E-state index < -0.39 is 22.4 Å². The van der Waals surface area contributed by atoms with E-state index in [2.05, 4.69) is 16.3 Å². The fourth-order valence-corrected chi connectivity index (χ4v) is 4.83. The fourth-order valence-electron chi connectivity index (χ4n) is 4.83. The van der Waals surface area contributed by atoms with Gasteiger partial charge in [0.25, 0.3) is 5.69 Å². The number of carbonyl (C=O) groups is 2. The maximum atomic E-state index is 13.2. The topological polar surface area (TPSA) is 123 Å². The van der Waals surface area contributed by atoms with Crippen molar-refractivity contribution in [2.45, 2.75) is 31.5 Å². The average molecular weight is 545 g/mol. The number of hydrogen-bond acceptors (Lipinski definition) is 7. The smallest absolute Gasteiger partial charge is 0.382 e. The maximum absolute atomic E-state index is 13.2. The molecule has 2 saturated heterocycles. The number of nitriles is 1. The van der Waals surface area contributed by atoms with Crippen LogP contribution in [0.25, 0.3) is 0 Å². The highest BCUT2D eigenvalue weighted by atomic mass is 19.4. The SMILES string of the molecule is N#Cc1ccc(N2CCN(C(=O)CC(=O)N3CCC(Nc4ccc([N+](=O)[O-])c(C(F)(F)F)c4)CC3)CC2)cc1. The molecule has 1 N–H and O–H groups in total. The van der Waals surface area contributed by atoms with Gasteiger partial charge in [-0.15, -0.1) is 0 Å². The third-order valence-electron chi connectivity index (χ3n) is 7.01. The molecule has 4 rings (SSSR count). The number of rotatable bonds is 6. The van der Waals surface area contributed by atoms with Crippen LogP contribution in [-0.2, 0) is 15.8 Å². The molecule has 0 aromatic heterocycles. The first-order valence-electron chi connectivity index (χ1n) is 12.5. The molecule has 13 heteroatoms. The molecule has 0 aliphatic carbocycles. The number of nitro benzene ring substituents is 1. The molecule has 2 aromatic rings. The van der Waals surface area contributed by atoms with E-state index in [0.717, 1.165) is 17.8 Å². The van der Waals surface area contributed by atoms with E-state index in [1.165, 1.54) is 6.07 Å². The summed E-state index contributed by atoms with van der Waals surface area (Å²) in [4.78, 5) is 40.7. The Morgan fingerprint density at radius 1 is 0.974 bits per heavy atom. The van der Waals surface area contributed by atoms with E-state index in [1.54, 1.807) is 21.9 Å². The highest BCUT2D eigenvalue weighted by Gasteiger charge is 2.38. The van der Waals surface area contributed by atoms with Crippen molar-refractivity contribution in [3.8, 4) is 6.07 Å². The predicted molar refractivity (Wildman–Crippen MR) is 136 cm³/mol. The van der Waals surface area contributed by atoms with Gasteiger partial charge in [0.2, 0.25) is 11.8 Å². The number of nitro groups is 1. The summed E-state index contributed by atoms with van der Waals surface area (Å²) in [6.45, 7) is 2.87. The summed E-state index contributed by atoms with van der Waals surface area (Å²) in [7, 11) is 0. The summed E-state index contributed by atoms with van der Waals surface area (Å²) >= 11 is 0. The molecular weight excluding hydrogens is 517 g/mol. The molecule has 2 aromatic carbocycles. The third-order valence-corrected chi connectivity index (χ3v) is 7.01. The minimum absolute atomic E-state index is 0.119. The summed E-state index contributed by atoms with van der Waals surface area (Å²) < 4.78 is 39.7. The van der Waals surface area contributed by atoms with Crippen molar-refractivity contribution in [3.63, 3.8) is 0 Å². The van der Waals surface area contributed by atoms with Crippen LogP contribution >= 0.6 is 0 Å². The van der Waals surface area contributed by atoms with E-state index in [1.807, 2.05) is 12.1 Å². The normalized spacial score (nSPS) is 16.5.